The van der Waals surface area contributed by atoms with E-state index in [1.54, 1.807) is 13.0 Å². The predicted molar refractivity (Wildman–Crippen MR) is 59.9 cm³/mol. The maximum Gasteiger partial charge on any atom is 0.416 e. The molecule has 0 amide bonds. The Morgan fingerprint density at radius 2 is 2.00 bits per heavy atom. The zero-order valence-electron chi connectivity index (χ0n) is 9.71. The average Bonchev–Trinajstić information content (AvgIpc) is 2.29. The van der Waals surface area contributed by atoms with Gasteiger partial charge in [0.05, 0.1) is 11.3 Å². The van der Waals surface area contributed by atoms with Crippen LogP contribution >= 0.6 is 0 Å². The Labute approximate surface area is 98.1 Å². The van der Waals surface area contributed by atoms with Gasteiger partial charge in [-0.15, -0.1) is 0 Å². The summed E-state index contributed by atoms with van der Waals surface area (Å²) < 4.78 is 37.5. The van der Waals surface area contributed by atoms with Crippen molar-refractivity contribution >= 4 is 5.71 Å². The molecule has 0 bridgehead atoms. The lowest BCUT2D eigenvalue weighted by atomic mass is 10.0. The normalized spacial score (nSPS) is 12.6. The number of alkyl halides is 3. The lowest BCUT2D eigenvalue weighted by Gasteiger charge is -2.09. The molecule has 0 atom stereocenters. The summed E-state index contributed by atoms with van der Waals surface area (Å²) in [5, 5.41) is 3.80. The lowest BCUT2D eigenvalue weighted by molar-refractivity contribution is -0.137. The fraction of sp³-hybridized carbons (Fsp3) is 0.417. The van der Waals surface area contributed by atoms with Crippen LogP contribution in [0.2, 0.25) is 0 Å². The first-order valence-corrected chi connectivity index (χ1v) is 5.35. The smallest absolute Gasteiger partial charge is 0.396 e. The minimum atomic E-state index is -4.33. The molecule has 0 saturated heterocycles. The standard InChI is InChI=1S/C12H14F3NO/c1-3-11(16-17-4-2)9-6-5-7-10(8-9)12(13,14)15/h5-8H,3-4H2,1-2H3/b16-11-. The fourth-order valence-electron chi connectivity index (χ4n) is 1.34. The van der Waals surface area contributed by atoms with E-state index in [9.17, 15) is 13.2 Å². The third kappa shape index (κ3) is 3.76. The Morgan fingerprint density at radius 3 is 2.53 bits per heavy atom. The molecule has 1 aromatic rings. The van der Waals surface area contributed by atoms with Gasteiger partial charge in [-0.1, -0.05) is 24.2 Å². The van der Waals surface area contributed by atoms with Gasteiger partial charge in [-0.3, -0.25) is 0 Å². The molecular formula is C12H14F3NO. The Balaban J connectivity index is 3.05. The first kappa shape index (κ1) is 13.5. The highest BCUT2D eigenvalue weighted by Crippen LogP contribution is 2.29. The fourth-order valence-corrected chi connectivity index (χ4v) is 1.34. The summed E-state index contributed by atoms with van der Waals surface area (Å²) in [4.78, 5) is 4.87. The van der Waals surface area contributed by atoms with Crippen LogP contribution in [0.25, 0.3) is 0 Å². The van der Waals surface area contributed by atoms with Crippen LogP contribution in [-0.4, -0.2) is 12.3 Å². The lowest BCUT2D eigenvalue weighted by Crippen LogP contribution is -2.08. The minimum Gasteiger partial charge on any atom is -0.396 e. The van der Waals surface area contributed by atoms with E-state index in [0.717, 1.165) is 12.1 Å². The van der Waals surface area contributed by atoms with Crippen molar-refractivity contribution in [2.45, 2.75) is 26.4 Å². The number of halogens is 3. The van der Waals surface area contributed by atoms with Gasteiger partial charge in [0, 0.05) is 0 Å². The molecule has 0 spiro atoms. The minimum absolute atomic E-state index is 0.391. The van der Waals surface area contributed by atoms with E-state index in [2.05, 4.69) is 5.16 Å². The summed E-state index contributed by atoms with van der Waals surface area (Å²) in [5.41, 5.74) is 0.279. The molecule has 1 aromatic carbocycles. The highest BCUT2D eigenvalue weighted by Gasteiger charge is 2.30. The molecule has 0 aromatic heterocycles. The Bertz CT molecular complexity index is 399. The van der Waals surface area contributed by atoms with Crippen LogP contribution in [0.4, 0.5) is 13.2 Å². The van der Waals surface area contributed by atoms with Crippen molar-refractivity contribution in [1.82, 2.24) is 0 Å². The van der Waals surface area contributed by atoms with Gasteiger partial charge in [-0.2, -0.15) is 13.2 Å². The third-order valence-electron chi connectivity index (χ3n) is 2.16. The van der Waals surface area contributed by atoms with E-state index in [4.69, 9.17) is 4.84 Å². The van der Waals surface area contributed by atoms with Gasteiger partial charge in [-0.25, -0.2) is 0 Å². The Kier molecular flexibility index (Phi) is 4.54. The summed E-state index contributed by atoms with van der Waals surface area (Å²) >= 11 is 0. The second kappa shape index (κ2) is 5.70. The van der Waals surface area contributed by atoms with Crippen LogP contribution in [-0.2, 0) is 11.0 Å². The number of hydrogen-bond donors (Lipinski definition) is 0. The monoisotopic (exact) mass is 245 g/mol. The van der Waals surface area contributed by atoms with Gasteiger partial charge in [0.25, 0.3) is 0 Å². The van der Waals surface area contributed by atoms with E-state index >= 15 is 0 Å². The molecule has 0 fully saturated rings. The first-order chi connectivity index (χ1) is 7.99. The number of rotatable bonds is 4. The van der Waals surface area contributed by atoms with Gasteiger partial charge >= 0.3 is 6.18 Å². The van der Waals surface area contributed by atoms with Crippen molar-refractivity contribution in [3.8, 4) is 0 Å². The molecule has 0 saturated carbocycles. The van der Waals surface area contributed by atoms with Crippen LogP contribution in [0.5, 0.6) is 0 Å². The van der Waals surface area contributed by atoms with Crippen LogP contribution in [0.1, 0.15) is 31.4 Å². The molecule has 0 aliphatic rings. The molecule has 0 heterocycles. The number of oxime groups is 1. The maximum atomic E-state index is 12.5. The summed E-state index contributed by atoms with van der Waals surface area (Å²) in [7, 11) is 0. The van der Waals surface area contributed by atoms with Crippen LogP contribution in [0.3, 0.4) is 0 Å². The predicted octanol–water partition coefficient (Wildman–Crippen LogP) is 3.86. The van der Waals surface area contributed by atoms with Crippen molar-refractivity contribution in [1.29, 1.82) is 0 Å². The summed E-state index contributed by atoms with van der Waals surface area (Å²) in [6, 6.07) is 5.09. The highest BCUT2D eigenvalue weighted by molar-refractivity contribution is 6.00. The van der Waals surface area contributed by atoms with Gasteiger partial charge in [0.1, 0.15) is 6.61 Å². The molecule has 17 heavy (non-hydrogen) atoms. The molecular weight excluding hydrogens is 231 g/mol. The molecule has 94 valence electrons. The maximum absolute atomic E-state index is 12.5. The van der Waals surface area contributed by atoms with Crippen LogP contribution in [0, 0.1) is 0 Å². The van der Waals surface area contributed by atoms with Gasteiger partial charge in [0.15, 0.2) is 0 Å². The zero-order valence-corrected chi connectivity index (χ0v) is 9.71. The molecule has 0 N–H and O–H groups in total. The molecule has 0 unspecified atom stereocenters. The average molecular weight is 245 g/mol. The largest absolute Gasteiger partial charge is 0.416 e. The topological polar surface area (TPSA) is 21.6 Å². The Hall–Kier alpha value is -1.52. The van der Waals surface area contributed by atoms with Gasteiger partial charge in [0.2, 0.25) is 0 Å². The SMILES string of the molecule is CCO/N=C(/CC)c1cccc(C(F)(F)F)c1. The first-order valence-electron chi connectivity index (χ1n) is 5.35. The van der Waals surface area contributed by atoms with Crippen LogP contribution in [0.15, 0.2) is 29.4 Å². The van der Waals surface area contributed by atoms with Crippen molar-refractivity contribution < 1.29 is 18.0 Å². The number of nitrogens with zero attached hydrogens (tertiary/aromatic N) is 1. The zero-order chi connectivity index (χ0) is 12.9. The third-order valence-corrected chi connectivity index (χ3v) is 2.16. The summed E-state index contributed by atoms with van der Waals surface area (Å²) in [5.74, 6) is 0. The van der Waals surface area contributed by atoms with Crippen LogP contribution < -0.4 is 0 Å². The van der Waals surface area contributed by atoms with Gasteiger partial charge < -0.3 is 4.84 Å². The molecule has 0 aliphatic heterocycles. The second-order valence-electron chi connectivity index (χ2n) is 3.39. The van der Waals surface area contributed by atoms with E-state index in [1.807, 2.05) is 6.92 Å². The van der Waals surface area contributed by atoms with Crippen molar-refractivity contribution in [3.63, 3.8) is 0 Å². The number of benzene rings is 1. The Morgan fingerprint density at radius 1 is 1.29 bits per heavy atom. The second-order valence-corrected chi connectivity index (χ2v) is 3.39. The van der Waals surface area contributed by atoms with Crippen molar-refractivity contribution in [2.75, 3.05) is 6.61 Å². The van der Waals surface area contributed by atoms with Crippen molar-refractivity contribution in [3.05, 3.63) is 35.4 Å². The summed E-state index contributed by atoms with van der Waals surface area (Å²) in [6.07, 6.45) is -3.82. The summed E-state index contributed by atoms with van der Waals surface area (Å²) in [6.45, 7) is 3.98. The van der Waals surface area contributed by atoms with E-state index in [1.165, 1.54) is 6.07 Å². The van der Waals surface area contributed by atoms with E-state index in [-0.39, 0.29) is 0 Å². The highest BCUT2D eigenvalue weighted by atomic mass is 19.4. The quantitative estimate of drug-likeness (QED) is 0.583. The molecule has 2 nitrogen and oxygen atoms in total. The van der Waals surface area contributed by atoms with E-state index in [0.29, 0.717) is 24.3 Å². The molecule has 1 rings (SSSR count). The van der Waals surface area contributed by atoms with E-state index < -0.39 is 11.7 Å². The molecule has 0 radical (unpaired) electrons. The number of hydrogen-bond acceptors (Lipinski definition) is 2. The molecule has 0 aliphatic carbocycles. The van der Waals surface area contributed by atoms with Crippen molar-refractivity contribution in [2.24, 2.45) is 5.16 Å². The van der Waals surface area contributed by atoms with Gasteiger partial charge in [-0.05, 0) is 31.0 Å². The molecule has 5 heteroatoms.